The van der Waals surface area contributed by atoms with Gasteiger partial charge < -0.3 is 10.2 Å². The number of hydrogen-bond acceptors (Lipinski definition) is 4. The van der Waals surface area contributed by atoms with E-state index < -0.39 is 6.10 Å². The average molecular weight is 396 g/mol. The van der Waals surface area contributed by atoms with E-state index in [2.05, 4.69) is 10.5 Å². The number of rotatable bonds is 6. The van der Waals surface area contributed by atoms with Crippen molar-refractivity contribution in [3.8, 4) is 0 Å². The van der Waals surface area contributed by atoms with E-state index in [1.165, 1.54) is 6.08 Å². The molecule has 1 atom stereocenters. The van der Waals surface area contributed by atoms with E-state index in [1.807, 2.05) is 60.7 Å². The number of anilines is 1. The van der Waals surface area contributed by atoms with Gasteiger partial charge in [0.25, 0.3) is 5.91 Å². The second-order valence-electron chi connectivity index (χ2n) is 6.88. The van der Waals surface area contributed by atoms with Crippen LogP contribution in [0.1, 0.15) is 27.9 Å². The molecule has 3 aromatic carbocycles. The van der Waals surface area contributed by atoms with E-state index in [0.29, 0.717) is 17.7 Å². The molecule has 30 heavy (non-hydrogen) atoms. The van der Waals surface area contributed by atoms with Crippen molar-refractivity contribution in [1.29, 1.82) is 0 Å². The summed E-state index contributed by atoms with van der Waals surface area (Å²) in [5.74, 6) is -0.371. The summed E-state index contributed by atoms with van der Waals surface area (Å²) in [7, 11) is 0. The molecular formula is C25H20N2O3. The first-order chi connectivity index (χ1) is 14.7. The highest BCUT2D eigenvalue weighted by Crippen LogP contribution is 2.19. The molecular weight excluding hydrogens is 376 g/mol. The number of ketones is 1. The van der Waals surface area contributed by atoms with Crippen LogP contribution in [0.15, 0.2) is 96.2 Å². The maximum absolute atomic E-state index is 12.5. The van der Waals surface area contributed by atoms with Crippen molar-refractivity contribution in [2.45, 2.75) is 12.5 Å². The summed E-state index contributed by atoms with van der Waals surface area (Å²) >= 11 is 0. The fourth-order valence-electron chi connectivity index (χ4n) is 3.09. The number of amides is 1. The van der Waals surface area contributed by atoms with Gasteiger partial charge >= 0.3 is 0 Å². The molecule has 1 heterocycles. The lowest BCUT2D eigenvalue weighted by molar-refractivity contribution is -0.125. The lowest BCUT2D eigenvalue weighted by Crippen LogP contribution is -2.28. The molecule has 148 valence electrons. The second-order valence-corrected chi connectivity index (χ2v) is 6.88. The molecule has 1 aliphatic rings. The van der Waals surface area contributed by atoms with Crippen molar-refractivity contribution in [2.75, 3.05) is 5.32 Å². The molecule has 0 saturated carbocycles. The summed E-state index contributed by atoms with van der Waals surface area (Å²) in [6.07, 6.45) is 3.06. The van der Waals surface area contributed by atoms with Gasteiger partial charge in [-0.1, -0.05) is 71.9 Å². The molecule has 0 aromatic heterocycles. The molecule has 0 aliphatic carbocycles. The summed E-state index contributed by atoms with van der Waals surface area (Å²) in [5.41, 5.74) is 3.80. The number of nitrogens with zero attached hydrogens (tertiary/aromatic N) is 1. The van der Waals surface area contributed by atoms with Crippen LogP contribution in [0.25, 0.3) is 6.08 Å². The fourth-order valence-corrected chi connectivity index (χ4v) is 3.09. The third-order valence-corrected chi connectivity index (χ3v) is 4.73. The molecule has 0 spiro atoms. The third-order valence-electron chi connectivity index (χ3n) is 4.73. The Kier molecular flexibility index (Phi) is 5.80. The van der Waals surface area contributed by atoms with Crippen LogP contribution in [0.5, 0.6) is 0 Å². The van der Waals surface area contributed by atoms with Crippen LogP contribution in [-0.2, 0) is 9.63 Å². The highest BCUT2D eigenvalue weighted by Gasteiger charge is 2.28. The van der Waals surface area contributed by atoms with Gasteiger partial charge in [0.1, 0.15) is 0 Å². The predicted octanol–water partition coefficient (Wildman–Crippen LogP) is 4.71. The van der Waals surface area contributed by atoms with Crippen LogP contribution < -0.4 is 5.32 Å². The van der Waals surface area contributed by atoms with Crippen LogP contribution in [0.4, 0.5) is 5.69 Å². The van der Waals surface area contributed by atoms with Crippen LogP contribution >= 0.6 is 0 Å². The second kappa shape index (κ2) is 9.01. The van der Waals surface area contributed by atoms with E-state index in [0.717, 1.165) is 16.8 Å². The van der Waals surface area contributed by atoms with E-state index in [9.17, 15) is 9.59 Å². The summed E-state index contributed by atoms with van der Waals surface area (Å²) in [5, 5.41) is 6.85. The lowest BCUT2D eigenvalue weighted by atomic mass is 10.0. The maximum Gasteiger partial charge on any atom is 0.268 e. The zero-order valence-electron chi connectivity index (χ0n) is 16.2. The van der Waals surface area contributed by atoms with Gasteiger partial charge in [0.2, 0.25) is 6.10 Å². The Hall–Kier alpha value is -3.99. The van der Waals surface area contributed by atoms with Crippen molar-refractivity contribution in [1.82, 2.24) is 0 Å². The summed E-state index contributed by atoms with van der Waals surface area (Å²) in [6, 6.07) is 26.1. The van der Waals surface area contributed by atoms with Gasteiger partial charge in [0.15, 0.2) is 5.78 Å². The summed E-state index contributed by atoms with van der Waals surface area (Å²) in [4.78, 5) is 30.1. The smallest absolute Gasteiger partial charge is 0.268 e. The van der Waals surface area contributed by atoms with Gasteiger partial charge in [0.05, 0.1) is 5.71 Å². The Morgan fingerprint density at radius 2 is 1.57 bits per heavy atom. The molecule has 1 N–H and O–H groups in total. The van der Waals surface area contributed by atoms with Crippen molar-refractivity contribution in [3.05, 3.63) is 108 Å². The van der Waals surface area contributed by atoms with E-state index in [1.54, 1.807) is 30.3 Å². The molecule has 4 rings (SSSR count). The van der Waals surface area contributed by atoms with Gasteiger partial charge in [0, 0.05) is 17.7 Å². The minimum Gasteiger partial charge on any atom is -0.382 e. The quantitative estimate of drug-likeness (QED) is 0.484. The number of hydrogen-bond donors (Lipinski definition) is 1. The molecule has 5 nitrogen and oxygen atoms in total. The number of oxime groups is 1. The minimum atomic E-state index is -0.671. The zero-order chi connectivity index (χ0) is 20.8. The predicted molar refractivity (Wildman–Crippen MR) is 117 cm³/mol. The number of carbonyl (C=O) groups is 2. The first-order valence-corrected chi connectivity index (χ1v) is 9.65. The molecule has 1 unspecified atom stereocenters. The first kappa shape index (κ1) is 19.3. The minimum absolute atomic E-state index is 0.100. The first-order valence-electron chi connectivity index (χ1n) is 9.65. The lowest BCUT2D eigenvalue weighted by Gasteiger charge is -2.09. The summed E-state index contributed by atoms with van der Waals surface area (Å²) in [6.45, 7) is 0. The Morgan fingerprint density at radius 1 is 0.900 bits per heavy atom. The molecule has 1 amide bonds. The van der Waals surface area contributed by atoms with Gasteiger partial charge in [-0.05, 0) is 41.5 Å². The Balaban J connectivity index is 1.33. The maximum atomic E-state index is 12.5. The Labute approximate surface area is 174 Å². The van der Waals surface area contributed by atoms with Gasteiger partial charge in [-0.2, -0.15) is 0 Å². The molecule has 0 radical (unpaired) electrons. The van der Waals surface area contributed by atoms with E-state index in [-0.39, 0.29) is 11.7 Å². The van der Waals surface area contributed by atoms with E-state index >= 15 is 0 Å². The van der Waals surface area contributed by atoms with Gasteiger partial charge in [-0.3, -0.25) is 9.59 Å². The Morgan fingerprint density at radius 3 is 2.27 bits per heavy atom. The van der Waals surface area contributed by atoms with Crippen LogP contribution in [0, 0.1) is 0 Å². The summed E-state index contributed by atoms with van der Waals surface area (Å²) < 4.78 is 0. The molecule has 5 heteroatoms. The zero-order valence-corrected chi connectivity index (χ0v) is 16.2. The number of carbonyl (C=O) groups excluding carboxylic acids is 2. The third kappa shape index (κ3) is 4.70. The largest absolute Gasteiger partial charge is 0.382 e. The number of allylic oxidation sites excluding steroid dienone is 1. The molecule has 0 bridgehead atoms. The van der Waals surface area contributed by atoms with Crippen LogP contribution in [0.2, 0.25) is 0 Å². The molecule has 3 aromatic rings. The number of benzene rings is 3. The SMILES string of the molecule is O=C(C=Cc1ccccc1)c1ccc(NC(=O)C2CC(c3ccccc3)=NO2)cc1. The standard InChI is InChI=1S/C25H20N2O3/c28-23(16-11-18-7-3-1-4-8-18)20-12-14-21(15-13-20)26-25(29)24-17-22(27-30-24)19-9-5-2-6-10-19/h1-16,24H,17H2,(H,26,29). The van der Waals surface area contributed by atoms with Crippen molar-refractivity contribution < 1.29 is 14.4 Å². The van der Waals surface area contributed by atoms with Crippen molar-refractivity contribution in [2.24, 2.45) is 5.16 Å². The monoisotopic (exact) mass is 396 g/mol. The van der Waals surface area contributed by atoms with Gasteiger partial charge in [-0.15, -0.1) is 0 Å². The topological polar surface area (TPSA) is 67.8 Å². The van der Waals surface area contributed by atoms with Crippen LogP contribution in [-0.4, -0.2) is 23.5 Å². The van der Waals surface area contributed by atoms with Gasteiger partial charge in [-0.25, -0.2) is 0 Å². The number of nitrogens with one attached hydrogen (secondary N) is 1. The molecule has 0 fully saturated rings. The van der Waals surface area contributed by atoms with Crippen molar-refractivity contribution in [3.63, 3.8) is 0 Å². The molecule has 1 aliphatic heterocycles. The van der Waals surface area contributed by atoms with Crippen molar-refractivity contribution >= 4 is 29.2 Å². The normalized spacial score (nSPS) is 15.5. The molecule has 0 saturated heterocycles. The van der Waals surface area contributed by atoms with Crippen LogP contribution in [0.3, 0.4) is 0 Å². The highest BCUT2D eigenvalue weighted by atomic mass is 16.6. The Bertz CT molecular complexity index is 1090. The fraction of sp³-hybridized carbons (Fsp3) is 0.0800. The highest BCUT2D eigenvalue weighted by molar-refractivity contribution is 6.08. The average Bonchev–Trinajstić information content (AvgIpc) is 3.30. The van der Waals surface area contributed by atoms with E-state index in [4.69, 9.17) is 4.84 Å².